The van der Waals surface area contributed by atoms with E-state index in [1.807, 2.05) is 13.8 Å². The van der Waals surface area contributed by atoms with E-state index in [4.69, 9.17) is 0 Å². The number of hydrogen-bond acceptors (Lipinski definition) is 1. The van der Waals surface area contributed by atoms with Crippen LogP contribution < -0.4 is 0 Å². The first-order valence-corrected chi connectivity index (χ1v) is 6.24. The lowest BCUT2D eigenvalue weighted by molar-refractivity contribution is -0.137. The van der Waals surface area contributed by atoms with E-state index in [0.717, 1.165) is 6.07 Å². The standard InChI is InChI=1S/C15H17F3O/c1-14(2)8-10(7-11(19)9-14)12-5-3-4-6-13(12)15(16,17)18/h3-7,11,19H,8-9H2,1-2H3. The molecule has 0 fully saturated rings. The third-order valence-electron chi connectivity index (χ3n) is 3.40. The first kappa shape index (κ1) is 14.1. The van der Waals surface area contributed by atoms with Crippen LogP contribution in [0.2, 0.25) is 0 Å². The highest BCUT2D eigenvalue weighted by molar-refractivity contribution is 5.70. The van der Waals surface area contributed by atoms with Crippen LogP contribution in [0.15, 0.2) is 30.3 Å². The number of alkyl halides is 3. The van der Waals surface area contributed by atoms with E-state index in [2.05, 4.69) is 0 Å². The third kappa shape index (κ3) is 3.18. The molecule has 1 atom stereocenters. The molecule has 0 spiro atoms. The summed E-state index contributed by atoms with van der Waals surface area (Å²) in [5, 5.41) is 9.81. The van der Waals surface area contributed by atoms with Gasteiger partial charge in [-0.1, -0.05) is 38.1 Å². The van der Waals surface area contributed by atoms with Crippen molar-refractivity contribution in [1.82, 2.24) is 0 Å². The van der Waals surface area contributed by atoms with Crippen LogP contribution in [0, 0.1) is 5.41 Å². The molecule has 1 aliphatic carbocycles. The highest BCUT2D eigenvalue weighted by Crippen LogP contribution is 2.43. The van der Waals surface area contributed by atoms with Crippen LogP contribution in [0.5, 0.6) is 0 Å². The quantitative estimate of drug-likeness (QED) is 0.808. The normalized spacial score (nSPS) is 23.1. The minimum absolute atomic E-state index is 0.182. The van der Waals surface area contributed by atoms with Gasteiger partial charge in [-0.3, -0.25) is 0 Å². The average Bonchev–Trinajstić information content (AvgIpc) is 2.25. The van der Waals surface area contributed by atoms with Crippen molar-refractivity contribution < 1.29 is 18.3 Å². The van der Waals surface area contributed by atoms with Gasteiger partial charge >= 0.3 is 6.18 Å². The largest absolute Gasteiger partial charge is 0.416 e. The molecule has 0 saturated carbocycles. The van der Waals surface area contributed by atoms with E-state index < -0.39 is 17.8 Å². The van der Waals surface area contributed by atoms with Gasteiger partial charge < -0.3 is 5.11 Å². The van der Waals surface area contributed by atoms with Crippen molar-refractivity contribution in [1.29, 1.82) is 0 Å². The molecule has 104 valence electrons. The van der Waals surface area contributed by atoms with Gasteiger partial charge in [0.15, 0.2) is 0 Å². The van der Waals surface area contributed by atoms with Crippen molar-refractivity contribution in [3.63, 3.8) is 0 Å². The van der Waals surface area contributed by atoms with Crippen LogP contribution in [0.4, 0.5) is 13.2 Å². The van der Waals surface area contributed by atoms with E-state index in [9.17, 15) is 18.3 Å². The Labute approximate surface area is 110 Å². The fourth-order valence-corrected chi connectivity index (χ4v) is 2.70. The zero-order valence-corrected chi connectivity index (χ0v) is 11.0. The summed E-state index contributed by atoms with van der Waals surface area (Å²) >= 11 is 0. The van der Waals surface area contributed by atoms with Gasteiger partial charge in [-0.25, -0.2) is 0 Å². The molecule has 0 aromatic heterocycles. The van der Waals surface area contributed by atoms with Crippen LogP contribution in [0.3, 0.4) is 0 Å². The highest BCUT2D eigenvalue weighted by atomic mass is 19.4. The number of benzene rings is 1. The van der Waals surface area contributed by atoms with Crippen molar-refractivity contribution in [2.75, 3.05) is 0 Å². The lowest BCUT2D eigenvalue weighted by Gasteiger charge is -2.33. The lowest BCUT2D eigenvalue weighted by Crippen LogP contribution is -2.25. The molecule has 1 nitrogen and oxygen atoms in total. The average molecular weight is 270 g/mol. The first-order valence-electron chi connectivity index (χ1n) is 6.24. The molecular weight excluding hydrogens is 253 g/mol. The Hall–Kier alpha value is -1.29. The Morgan fingerprint density at radius 3 is 2.42 bits per heavy atom. The van der Waals surface area contributed by atoms with Gasteiger partial charge in [0.1, 0.15) is 0 Å². The molecule has 1 aromatic carbocycles. The number of rotatable bonds is 1. The number of hydrogen-bond donors (Lipinski definition) is 1. The molecule has 0 aliphatic heterocycles. The number of halogens is 3. The number of aliphatic hydroxyl groups is 1. The van der Waals surface area contributed by atoms with Gasteiger partial charge in [-0.15, -0.1) is 0 Å². The Morgan fingerprint density at radius 1 is 1.21 bits per heavy atom. The summed E-state index contributed by atoms with van der Waals surface area (Å²) in [6, 6.07) is 5.55. The van der Waals surface area contributed by atoms with Gasteiger partial charge in [0, 0.05) is 0 Å². The van der Waals surface area contributed by atoms with Crippen LogP contribution in [0.25, 0.3) is 5.57 Å². The van der Waals surface area contributed by atoms with E-state index in [1.54, 1.807) is 12.1 Å². The van der Waals surface area contributed by atoms with Crippen molar-refractivity contribution >= 4 is 5.57 Å². The SMILES string of the molecule is CC1(C)CC(c2ccccc2C(F)(F)F)=CC(O)C1. The molecule has 0 saturated heterocycles. The predicted octanol–water partition coefficient (Wildman–Crippen LogP) is 4.27. The Morgan fingerprint density at radius 2 is 1.84 bits per heavy atom. The van der Waals surface area contributed by atoms with Gasteiger partial charge in [0.2, 0.25) is 0 Å². The monoisotopic (exact) mass is 270 g/mol. The van der Waals surface area contributed by atoms with Gasteiger partial charge in [0.25, 0.3) is 0 Å². The molecule has 0 bridgehead atoms. The molecule has 0 amide bonds. The van der Waals surface area contributed by atoms with E-state index in [0.29, 0.717) is 18.4 Å². The van der Waals surface area contributed by atoms with Gasteiger partial charge in [0.05, 0.1) is 11.7 Å². The fourth-order valence-electron chi connectivity index (χ4n) is 2.70. The third-order valence-corrected chi connectivity index (χ3v) is 3.40. The summed E-state index contributed by atoms with van der Waals surface area (Å²) in [5.41, 5.74) is -0.0629. The highest BCUT2D eigenvalue weighted by Gasteiger charge is 2.36. The maximum Gasteiger partial charge on any atom is 0.416 e. The smallest absolute Gasteiger partial charge is 0.389 e. The minimum Gasteiger partial charge on any atom is -0.389 e. The van der Waals surface area contributed by atoms with Crippen molar-refractivity contribution in [2.45, 2.75) is 39.0 Å². The fraction of sp³-hybridized carbons (Fsp3) is 0.467. The number of allylic oxidation sites excluding steroid dienone is 1. The van der Waals surface area contributed by atoms with Gasteiger partial charge in [-0.2, -0.15) is 13.2 Å². The molecule has 1 aromatic rings. The predicted molar refractivity (Wildman–Crippen MR) is 68.4 cm³/mol. The summed E-state index contributed by atoms with van der Waals surface area (Å²) in [6.07, 6.45) is -2.39. The Bertz CT molecular complexity index is 500. The Kier molecular flexibility index (Phi) is 3.47. The van der Waals surface area contributed by atoms with Crippen LogP contribution in [-0.4, -0.2) is 11.2 Å². The molecule has 2 rings (SSSR count). The van der Waals surface area contributed by atoms with E-state index >= 15 is 0 Å². The van der Waals surface area contributed by atoms with Crippen LogP contribution in [-0.2, 0) is 6.18 Å². The molecule has 1 aliphatic rings. The zero-order valence-electron chi connectivity index (χ0n) is 11.0. The molecule has 1 unspecified atom stereocenters. The summed E-state index contributed by atoms with van der Waals surface area (Å²) < 4.78 is 39.0. The zero-order chi connectivity index (χ0) is 14.3. The topological polar surface area (TPSA) is 20.2 Å². The van der Waals surface area contributed by atoms with Crippen molar-refractivity contribution in [3.05, 3.63) is 41.5 Å². The van der Waals surface area contributed by atoms with Crippen molar-refractivity contribution in [2.24, 2.45) is 5.41 Å². The molecule has 0 heterocycles. The molecule has 19 heavy (non-hydrogen) atoms. The van der Waals surface area contributed by atoms with Crippen LogP contribution >= 0.6 is 0 Å². The second kappa shape index (κ2) is 4.67. The maximum absolute atomic E-state index is 13.0. The molecule has 0 radical (unpaired) electrons. The van der Waals surface area contributed by atoms with Crippen LogP contribution in [0.1, 0.15) is 37.8 Å². The molecule has 1 N–H and O–H groups in total. The lowest BCUT2D eigenvalue weighted by atomic mass is 9.74. The van der Waals surface area contributed by atoms with Crippen molar-refractivity contribution in [3.8, 4) is 0 Å². The molecule has 4 heteroatoms. The first-order chi connectivity index (χ1) is 8.69. The summed E-state index contributed by atoms with van der Waals surface area (Å²) in [5.74, 6) is 0. The maximum atomic E-state index is 13.0. The number of aliphatic hydroxyl groups excluding tert-OH is 1. The minimum atomic E-state index is -4.37. The second-order valence-electron chi connectivity index (χ2n) is 5.85. The Balaban J connectivity index is 2.48. The van der Waals surface area contributed by atoms with Gasteiger partial charge in [-0.05, 0) is 35.5 Å². The second-order valence-corrected chi connectivity index (χ2v) is 5.85. The summed E-state index contributed by atoms with van der Waals surface area (Å²) in [6.45, 7) is 3.92. The summed E-state index contributed by atoms with van der Waals surface area (Å²) in [7, 11) is 0. The van der Waals surface area contributed by atoms with E-state index in [1.165, 1.54) is 12.1 Å². The summed E-state index contributed by atoms with van der Waals surface area (Å²) in [4.78, 5) is 0. The van der Waals surface area contributed by atoms with E-state index in [-0.39, 0.29) is 11.0 Å². The molecular formula is C15H17F3O.